The minimum absolute atomic E-state index is 0.142. The number of rotatable bonds is 37. The molecule has 0 aliphatic carbocycles. The van der Waals surface area contributed by atoms with Crippen LogP contribution < -0.4 is 5.32 Å². The molecule has 6 N–H and O–H groups in total. The quantitative estimate of drug-likeness (QED) is 0.0269. The van der Waals surface area contributed by atoms with E-state index in [-0.39, 0.29) is 12.5 Å². The smallest absolute Gasteiger partial charge is 0.220 e. The van der Waals surface area contributed by atoms with Gasteiger partial charge in [-0.1, -0.05) is 177 Å². The van der Waals surface area contributed by atoms with Crippen LogP contribution in [0.1, 0.15) is 181 Å². The summed E-state index contributed by atoms with van der Waals surface area (Å²) in [7, 11) is 0. The number of aliphatic hydroxyl groups is 5. The highest BCUT2D eigenvalue weighted by Gasteiger charge is 2.44. The van der Waals surface area contributed by atoms with Gasteiger partial charge in [-0.25, -0.2) is 0 Å². The first-order chi connectivity index (χ1) is 27.8. The van der Waals surface area contributed by atoms with Gasteiger partial charge in [0.1, 0.15) is 24.4 Å². The second-order valence-electron chi connectivity index (χ2n) is 15.8. The van der Waals surface area contributed by atoms with E-state index >= 15 is 0 Å². The van der Waals surface area contributed by atoms with Crippen LogP contribution in [-0.4, -0.2) is 87.5 Å². The zero-order valence-corrected chi connectivity index (χ0v) is 36.1. The van der Waals surface area contributed by atoms with Gasteiger partial charge in [-0.05, 0) is 57.8 Å². The topological polar surface area (TPSA) is 149 Å². The molecule has 1 rings (SSSR count). The number of hydrogen-bond acceptors (Lipinski definition) is 8. The SMILES string of the molecule is CC/C=C\C/C=C\C/C=C\C/C=C\C/C=C\CCCCCCCCCCCCCCCC(=O)NC(COC1OC(CO)C(O)C(O)C1O)C(O)CCCCCCC. The van der Waals surface area contributed by atoms with Crippen molar-refractivity contribution in [1.82, 2.24) is 5.32 Å². The van der Waals surface area contributed by atoms with Crippen molar-refractivity contribution in [1.29, 1.82) is 0 Å². The highest BCUT2D eigenvalue weighted by Crippen LogP contribution is 2.23. The molecule has 1 fully saturated rings. The number of hydrogen-bond donors (Lipinski definition) is 6. The molecule has 0 aromatic rings. The lowest BCUT2D eigenvalue weighted by atomic mass is 9.99. The van der Waals surface area contributed by atoms with E-state index in [0.717, 1.165) is 83.5 Å². The van der Waals surface area contributed by atoms with Crippen molar-refractivity contribution in [2.75, 3.05) is 13.2 Å². The fraction of sp³-hybridized carbons (Fsp3) is 0.771. The molecule has 57 heavy (non-hydrogen) atoms. The zero-order chi connectivity index (χ0) is 41.6. The summed E-state index contributed by atoms with van der Waals surface area (Å²) in [5.41, 5.74) is 0. The van der Waals surface area contributed by atoms with Crippen molar-refractivity contribution in [3.05, 3.63) is 60.8 Å². The van der Waals surface area contributed by atoms with E-state index in [1.165, 1.54) is 70.6 Å². The summed E-state index contributed by atoms with van der Waals surface area (Å²) < 4.78 is 11.2. The van der Waals surface area contributed by atoms with Crippen molar-refractivity contribution < 1.29 is 39.8 Å². The molecule has 0 saturated carbocycles. The monoisotopic (exact) mass is 804 g/mol. The number of unbranched alkanes of at least 4 members (excludes halogenated alkanes) is 17. The summed E-state index contributed by atoms with van der Waals surface area (Å²) in [5, 5.41) is 53.8. The van der Waals surface area contributed by atoms with E-state index < -0.39 is 49.5 Å². The molecule has 1 aliphatic rings. The number of amides is 1. The molecular formula is C48H85NO8. The fourth-order valence-corrected chi connectivity index (χ4v) is 6.95. The van der Waals surface area contributed by atoms with Crippen molar-refractivity contribution in [3.8, 4) is 0 Å². The van der Waals surface area contributed by atoms with Crippen LogP contribution in [0, 0.1) is 0 Å². The van der Waals surface area contributed by atoms with Crippen molar-refractivity contribution in [3.63, 3.8) is 0 Å². The van der Waals surface area contributed by atoms with Gasteiger partial charge in [0.25, 0.3) is 0 Å². The van der Waals surface area contributed by atoms with E-state index in [4.69, 9.17) is 9.47 Å². The minimum atomic E-state index is -1.55. The number of carbonyl (C=O) groups excluding carboxylic acids is 1. The molecule has 1 heterocycles. The van der Waals surface area contributed by atoms with Crippen molar-refractivity contribution in [2.45, 2.75) is 224 Å². The van der Waals surface area contributed by atoms with Gasteiger partial charge in [-0.2, -0.15) is 0 Å². The highest BCUT2D eigenvalue weighted by atomic mass is 16.7. The number of nitrogens with one attached hydrogen (secondary N) is 1. The Kier molecular flexibility index (Phi) is 35.4. The Morgan fingerprint density at radius 3 is 1.61 bits per heavy atom. The Bertz CT molecular complexity index is 1070. The van der Waals surface area contributed by atoms with Crippen LogP contribution in [0.15, 0.2) is 60.8 Å². The Labute approximate surface area is 347 Å². The Morgan fingerprint density at radius 1 is 0.614 bits per heavy atom. The van der Waals surface area contributed by atoms with Crippen LogP contribution in [0.2, 0.25) is 0 Å². The summed E-state index contributed by atoms with van der Waals surface area (Å²) in [6.07, 6.45) is 42.9. The van der Waals surface area contributed by atoms with Crippen LogP contribution >= 0.6 is 0 Å². The number of carbonyl (C=O) groups is 1. The second kappa shape index (κ2) is 38.1. The third-order valence-corrected chi connectivity index (χ3v) is 10.6. The van der Waals surface area contributed by atoms with E-state index in [9.17, 15) is 30.3 Å². The van der Waals surface area contributed by atoms with E-state index in [1.807, 2.05) is 0 Å². The first-order valence-corrected chi connectivity index (χ1v) is 23.0. The molecule has 330 valence electrons. The van der Waals surface area contributed by atoms with Gasteiger partial charge >= 0.3 is 0 Å². The molecule has 0 spiro atoms. The van der Waals surface area contributed by atoms with Gasteiger partial charge in [-0.15, -0.1) is 0 Å². The standard InChI is InChI=1S/C48H85NO8/c1-3-5-7-9-10-11-12-13-14-15-16-17-18-19-20-21-22-23-24-25-26-27-28-29-30-31-32-34-36-38-44(52)49-41(42(51)37-35-33-8-6-4-2)40-56-48-47(55)46(54)45(53)43(39-50)57-48/h5,7,10-11,13-14,16-17,19-20,41-43,45-48,50-51,53-55H,3-4,6,8-9,12,15,18,21-40H2,1-2H3,(H,49,52)/b7-5-,11-10-,14-13-,17-16-,20-19-. The maximum absolute atomic E-state index is 12.9. The maximum atomic E-state index is 12.9. The van der Waals surface area contributed by atoms with Crippen molar-refractivity contribution >= 4 is 5.91 Å². The van der Waals surface area contributed by atoms with Crippen LogP contribution in [-0.2, 0) is 14.3 Å². The van der Waals surface area contributed by atoms with E-state index in [0.29, 0.717) is 12.8 Å². The lowest BCUT2D eigenvalue weighted by Gasteiger charge is -2.40. The van der Waals surface area contributed by atoms with Gasteiger partial charge < -0.3 is 40.3 Å². The van der Waals surface area contributed by atoms with Crippen LogP contribution in [0.4, 0.5) is 0 Å². The fourth-order valence-electron chi connectivity index (χ4n) is 6.95. The van der Waals surface area contributed by atoms with Gasteiger partial charge in [-0.3, -0.25) is 4.79 Å². The molecule has 7 unspecified atom stereocenters. The molecule has 1 saturated heterocycles. The molecule has 0 aromatic carbocycles. The van der Waals surface area contributed by atoms with Crippen LogP contribution in [0.3, 0.4) is 0 Å². The molecule has 1 aliphatic heterocycles. The Balaban J connectivity index is 2.10. The third-order valence-electron chi connectivity index (χ3n) is 10.6. The highest BCUT2D eigenvalue weighted by molar-refractivity contribution is 5.76. The van der Waals surface area contributed by atoms with Crippen LogP contribution in [0.5, 0.6) is 0 Å². The summed E-state index contributed by atoms with van der Waals surface area (Å²) >= 11 is 0. The summed E-state index contributed by atoms with van der Waals surface area (Å²) in [6.45, 7) is 3.61. The predicted molar refractivity (Wildman–Crippen MR) is 235 cm³/mol. The van der Waals surface area contributed by atoms with Gasteiger partial charge in [0.2, 0.25) is 5.91 Å². The molecule has 1 amide bonds. The molecule has 0 aromatic heterocycles. The Morgan fingerprint density at radius 2 is 1.09 bits per heavy atom. The van der Waals surface area contributed by atoms with Gasteiger partial charge in [0.05, 0.1) is 25.4 Å². The average molecular weight is 804 g/mol. The number of ether oxygens (including phenoxy) is 2. The summed E-state index contributed by atoms with van der Waals surface area (Å²) in [6, 6.07) is -0.717. The minimum Gasteiger partial charge on any atom is -0.394 e. The molecule has 0 radical (unpaired) electrons. The molecule has 7 atom stereocenters. The first kappa shape index (κ1) is 52.9. The lowest BCUT2D eigenvalue weighted by Crippen LogP contribution is -2.60. The molecule has 9 nitrogen and oxygen atoms in total. The molecule has 0 bridgehead atoms. The first-order valence-electron chi connectivity index (χ1n) is 23.0. The summed E-state index contributed by atoms with van der Waals surface area (Å²) in [5.74, 6) is -0.156. The number of aliphatic hydroxyl groups excluding tert-OH is 5. The zero-order valence-electron chi connectivity index (χ0n) is 36.1. The molecular weight excluding hydrogens is 719 g/mol. The maximum Gasteiger partial charge on any atom is 0.220 e. The average Bonchev–Trinajstić information content (AvgIpc) is 3.21. The van der Waals surface area contributed by atoms with Crippen molar-refractivity contribution in [2.24, 2.45) is 0 Å². The van der Waals surface area contributed by atoms with Gasteiger partial charge in [0, 0.05) is 6.42 Å². The van der Waals surface area contributed by atoms with Gasteiger partial charge in [0.15, 0.2) is 6.29 Å². The largest absolute Gasteiger partial charge is 0.394 e. The molecule has 9 heteroatoms. The van der Waals surface area contributed by atoms with E-state index in [2.05, 4.69) is 79.9 Å². The third kappa shape index (κ3) is 28.9. The normalized spacial score (nSPS) is 21.6. The van der Waals surface area contributed by atoms with E-state index in [1.54, 1.807) is 0 Å². The second-order valence-corrected chi connectivity index (χ2v) is 15.8. The number of allylic oxidation sites excluding steroid dienone is 10. The predicted octanol–water partition coefficient (Wildman–Crippen LogP) is 9.61. The van der Waals surface area contributed by atoms with Crippen LogP contribution in [0.25, 0.3) is 0 Å². The lowest BCUT2D eigenvalue weighted by molar-refractivity contribution is -0.302. The summed E-state index contributed by atoms with van der Waals surface area (Å²) in [4.78, 5) is 12.9. The Hall–Kier alpha value is -2.11.